The second-order valence-electron chi connectivity index (χ2n) is 4.13. The van der Waals surface area contributed by atoms with Crippen LogP contribution in [-0.4, -0.2) is 35.6 Å². The Balaban J connectivity index is 2.55. The average Bonchev–Trinajstić information content (AvgIpc) is 2.39. The number of carboxylic acid groups (broad SMARTS) is 1. The van der Waals surface area contributed by atoms with Gasteiger partial charge in [-0.25, -0.2) is 4.79 Å². The van der Waals surface area contributed by atoms with Gasteiger partial charge in [0, 0.05) is 0 Å². The van der Waals surface area contributed by atoms with Gasteiger partial charge in [0.15, 0.2) is 0 Å². The summed E-state index contributed by atoms with van der Waals surface area (Å²) in [5, 5.41) is 11.3. The number of ether oxygens (including phenoxy) is 1. The molecule has 20 heavy (non-hydrogen) atoms. The van der Waals surface area contributed by atoms with Crippen LogP contribution >= 0.6 is 0 Å². The first-order valence-corrected chi connectivity index (χ1v) is 6.24. The number of rotatable bonds is 7. The summed E-state index contributed by atoms with van der Waals surface area (Å²) >= 11 is 0. The van der Waals surface area contributed by atoms with Gasteiger partial charge in [-0.1, -0.05) is 30.3 Å². The third-order valence-corrected chi connectivity index (χ3v) is 2.52. The van der Waals surface area contributed by atoms with Gasteiger partial charge in [0.1, 0.15) is 6.04 Å². The number of hydrogen-bond donors (Lipinski definition) is 2. The molecule has 0 bridgehead atoms. The zero-order chi connectivity index (χ0) is 15.0. The summed E-state index contributed by atoms with van der Waals surface area (Å²) in [6.45, 7) is 1.80. The molecule has 0 radical (unpaired) electrons. The number of nitrogens with one attached hydrogen (secondary N) is 1. The molecule has 0 aromatic heterocycles. The van der Waals surface area contributed by atoms with Gasteiger partial charge in [0.25, 0.3) is 0 Å². The lowest BCUT2D eigenvalue weighted by Gasteiger charge is -2.13. The molecule has 0 unspecified atom stereocenters. The number of carboxylic acids is 1. The maximum atomic E-state index is 11.7. The number of hydrogen-bond acceptors (Lipinski definition) is 4. The molecule has 0 aliphatic heterocycles. The first kappa shape index (κ1) is 15.7. The first-order chi connectivity index (χ1) is 9.52. The Morgan fingerprint density at radius 2 is 1.90 bits per heavy atom. The highest BCUT2D eigenvalue weighted by Gasteiger charge is 2.23. The summed E-state index contributed by atoms with van der Waals surface area (Å²) in [5.74, 6) is -2.37. The Hall–Kier alpha value is -2.37. The molecule has 1 aromatic rings. The normalized spacial score (nSPS) is 11.4. The van der Waals surface area contributed by atoms with Crippen molar-refractivity contribution < 1.29 is 24.2 Å². The molecule has 1 atom stereocenters. The molecule has 0 fully saturated rings. The number of carbonyl (C=O) groups is 3. The maximum Gasteiger partial charge on any atom is 0.326 e. The third kappa shape index (κ3) is 5.51. The molecule has 6 nitrogen and oxygen atoms in total. The number of amides is 1. The molecule has 6 heteroatoms. The Morgan fingerprint density at radius 3 is 2.45 bits per heavy atom. The van der Waals surface area contributed by atoms with Crippen molar-refractivity contribution in [2.75, 3.05) is 6.61 Å². The van der Waals surface area contributed by atoms with E-state index < -0.39 is 23.9 Å². The molecule has 0 aliphatic rings. The predicted octanol–water partition coefficient (Wildman–Crippen LogP) is 0.752. The van der Waals surface area contributed by atoms with E-state index in [1.165, 1.54) is 0 Å². The molecule has 108 valence electrons. The van der Waals surface area contributed by atoms with E-state index in [1.54, 1.807) is 31.2 Å². The van der Waals surface area contributed by atoms with Gasteiger partial charge in [-0.15, -0.1) is 0 Å². The van der Waals surface area contributed by atoms with E-state index in [0.717, 1.165) is 5.56 Å². The van der Waals surface area contributed by atoms with Crippen molar-refractivity contribution in [2.24, 2.45) is 0 Å². The van der Waals surface area contributed by atoms with E-state index in [1.807, 2.05) is 6.07 Å². The molecular weight excluding hydrogens is 262 g/mol. The van der Waals surface area contributed by atoms with Crippen molar-refractivity contribution in [1.29, 1.82) is 0 Å². The lowest BCUT2D eigenvalue weighted by atomic mass is 10.1. The fraction of sp³-hybridized carbons (Fsp3) is 0.357. The van der Waals surface area contributed by atoms with E-state index >= 15 is 0 Å². The van der Waals surface area contributed by atoms with Gasteiger partial charge >= 0.3 is 11.9 Å². The number of aliphatic carboxylic acids is 1. The van der Waals surface area contributed by atoms with Gasteiger partial charge in [-0.2, -0.15) is 0 Å². The minimum absolute atomic E-state index is 0.0629. The van der Waals surface area contributed by atoms with E-state index in [9.17, 15) is 14.4 Å². The van der Waals surface area contributed by atoms with Gasteiger partial charge in [0.2, 0.25) is 5.91 Å². The van der Waals surface area contributed by atoms with Gasteiger partial charge in [-0.05, 0) is 12.5 Å². The van der Waals surface area contributed by atoms with Crippen LogP contribution in [0.4, 0.5) is 0 Å². The molecular formula is C14H17NO5. The van der Waals surface area contributed by atoms with Crippen LogP contribution in [0.1, 0.15) is 18.9 Å². The number of carbonyl (C=O) groups excluding carboxylic acids is 2. The topological polar surface area (TPSA) is 92.7 Å². The summed E-state index contributed by atoms with van der Waals surface area (Å²) in [6, 6.07) is 7.65. The van der Waals surface area contributed by atoms with Crippen molar-refractivity contribution in [2.45, 2.75) is 25.8 Å². The molecule has 0 saturated heterocycles. The second kappa shape index (κ2) is 7.93. The van der Waals surface area contributed by atoms with E-state index in [-0.39, 0.29) is 19.4 Å². The molecule has 1 rings (SSSR count). The minimum Gasteiger partial charge on any atom is -0.480 e. The smallest absolute Gasteiger partial charge is 0.326 e. The summed E-state index contributed by atoms with van der Waals surface area (Å²) in [7, 11) is 0. The fourth-order valence-electron chi connectivity index (χ4n) is 1.61. The first-order valence-electron chi connectivity index (χ1n) is 6.24. The summed E-state index contributed by atoms with van der Waals surface area (Å²) in [5.41, 5.74) is 0.769. The zero-order valence-corrected chi connectivity index (χ0v) is 11.2. The quantitative estimate of drug-likeness (QED) is 0.718. The van der Waals surface area contributed by atoms with E-state index in [0.29, 0.717) is 0 Å². The van der Waals surface area contributed by atoms with Crippen molar-refractivity contribution in [3.05, 3.63) is 35.9 Å². The Morgan fingerprint density at radius 1 is 1.25 bits per heavy atom. The van der Waals surface area contributed by atoms with E-state index in [2.05, 4.69) is 10.1 Å². The summed E-state index contributed by atoms with van der Waals surface area (Å²) in [6.07, 6.45) is -0.322. The van der Waals surface area contributed by atoms with Crippen LogP contribution in [0.5, 0.6) is 0 Å². The Kier molecular flexibility index (Phi) is 6.22. The highest BCUT2D eigenvalue weighted by molar-refractivity contribution is 5.87. The van der Waals surface area contributed by atoms with Crippen molar-refractivity contribution in [1.82, 2.24) is 5.32 Å². The number of benzene rings is 1. The lowest BCUT2D eigenvalue weighted by Crippen LogP contribution is -2.43. The van der Waals surface area contributed by atoms with Gasteiger partial charge in [0.05, 0.1) is 19.4 Å². The third-order valence-electron chi connectivity index (χ3n) is 2.52. The standard InChI is InChI=1S/C14H17NO5/c1-2-20-13(17)9-11(14(18)19)15-12(16)8-10-6-4-3-5-7-10/h3-7,11H,2,8-9H2,1H3,(H,15,16)(H,18,19)/t11-/m1/s1. The van der Waals surface area contributed by atoms with Crippen LogP contribution in [0.3, 0.4) is 0 Å². The largest absolute Gasteiger partial charge is 0.480 e. The molecule has 0 saturated carbocycles. The average molecular weight is 279 g/mol. The maximum absolute atomic E-state index is 11.7. The Bertz CT molecular complexity index is 472. The molecule has 1 aromatic carbocycles. The van der Waals surface area contributed by atoms with Crippen LogP contribution in [0.25, 0.3) is 0 Å². The van der Waals surface area contributed by atoms with Crippen molar-refractivity contribution in [3.8, 4) is 0 Å². The van der Waals surface area contributed by atoms with Crippen LogP contribution in [-0.2, 0) is 25.5 Å². The van der Waals surface area contributed by atoms with Crippen molar-refractivity contribution >= 4 is 17.8 Å². The van der Waals surface area contributed by atoms with Gasteiger partial charge < -0.3 is 15.2 Å². The predicted molar refractivity (Wildman–Crippen MR) is 71.0 cm³/mol. The highest BCUT2D eigenvalue weighted by Crippen LogP contribution is 2.01. The van der Waals surface area contributed by atoms with Crippen LogP contribution in [0.2, 0.25) is 0 Å². The highest BCUT2D eigenvalue weighted by atomic mass is 16.5. The monoisotopic (exact) mass is 279 g/mol. The minimum atomic E-state index is -1.27. The number of esters is 1. The van der Waals surface area contributed by atoms with Crippen LogP contribution < -0.4 is 5.32 Å². The molecule has 2 N–H and O–H groups in total. The summed E-state index contributed by atoms with van der Waals surface area (Å²) in [4.78, 5) is 34.0. The molecule has 0 spiro atoms. The lowest BCUT2D eigenvalue weighted by molar-refractivity contribution is -0.150. The zero-order valence-electron chi connectivity index (χ0n) is 11.2. The van der Waals surface area contributed by atoms with Gasteiger partial charge in [-0.3, -0.25) is 9.59 Å². The SMILES string of the molecule is CCOC(=O)C[C@@H](NC(=O)Cc1ccccc1)C(=O)O. The molecule has 1 amide bonds. The van der Waals surface area contributed by atoms with Crippen molar-refractivity contribution in [3.63, 3.8) is 0 Å². The fourth-order valence-corrected chi connectivity index (χ4v) is 1.61. The van der Waals surface area contributed by atoms with Crippen LogP contribution in [0.15, 0.2) is 30.3 Å². The molecule has 0 heterocycles. The summed E-state index contributed by atoms with van der Waals surface area (Å²) < 4.78 is 4.67. The van der Waals surface area contributed by atoms with E-state index in [4.69, 9.17) is 5.11 Å². The Labute approximate surface area is 116 Å². The molecule has 0 aliphatic carbocycles. The van der Waals surface area contributed by atoms with Crippen LogP contribution in [0, 0.1) is 0 Å². The second-order valence-corrected chi connectivity index (χ2v) is 4.13.